The molecule has 4 heteroatoms. The van der Waals surface area contributed by atoms with Crippen LogP contribution in [0.25, 0.3) is 0 Å². The molecule has 128 valence electrons. The molecule has 0 radical (unpaired) electrons. The molecule has 1 atom stereocenters. The van der Waals surface area contributed by atoms with Gasteiger partial charge in [-0.25, -0.2) is 4.79 Å². The zero-order valence-corrected chi connectivity index (χ0v) is 14.9. The molecule has 1 unspecified atom stereocenters. The number of hydrogen-bond donors (Lipinski definition) is 1. The highest BCUT2D eigenvalue weighted by Gasteiger charge is 2.30. The summed E-state index contributed by atoms with van der Waals surface area (Å²) >= 11 is 0. The quantitative estimate of drug-likeness (QED) is 0.891. The van der Waals surface area contributed by atoms with Crippen molar-refractivity contribution in [3.63, 3.8) is 0 Å². The third kappa shape index (κ3) is 5.45. The number of aryl methyl sites for hydroxylation is 1. The van der Waals surface area contributed by atoms with Gasteiger partial charge in [0, 0.05) is 18.8 Å². The minimum Gasteiger partial charge on any atom is -0.444 e. The van der Waals surface area contributed by atoms with Crippen molar-refractivity contribution in [1.82, 2.24) is 4.90 Å². The number of hydrogen-bond acceptors (Lipinski definition) is 3. The predicted octanol–water partition coefficient (Wildman–Crippen LogP) is 4.45. The van der Waals surface area contributed by atoms with E-state index in [1.54, 1.807) is 0 Å². The van der Waals surface area contributed by atoms with Crippen molar-refractivity contribution < 1.29 is 9.53 Å². The van der Waals surface area contributed by atoms with E-state index in [0.717, 1.165) is 38.0 Å². The van der Waals surface area contributed by atoms with Crippen molar-refractivity contribution in [1.29, 1.82) is 0 Å². The van der Waals surface area contributed by atoms with Gasteiger partial charge in [0.25, 0.3) is 0 Å². The normalized spacial score (nSPS) is 18.6. The van der Waals surface area contributed by atoms with Crippen molar-refractivity contribution in [3.05, 3.63) is 29.8 Å². The molecule has 1 aliphatic heterocycles. The van der Waals surface area contributed by atoms with Gasteiger partial charge in [-0.15, -0.1) is 0 Å². The monoisotopic (exact) mass is 318 g/mol. The Balaban J connectivity index is 1.96. The minimum atomic E-state index is -0.442. The number of amides is 1. The lowest BCUT2D eigenvalue weighted by Gasteiger charge is -2.37. The lowest BCUT2D eigenvalue weighted by molar-refractivity contribution is 0.0114. The van der Waals surface area contributed by atoms with Gasteiger partial charge in [0.1, 0.15) is 5.60 Å². The molecule has 1 aromatic carbocycles. The molecule has 0 bridgehead atoms. The van der Waals surface area contributed by atoms with Crippen LogP contribution >= 0.6 is 0 Å². The van der Waals surface area contributed by atoms with E-state index in [4.69, 9.17) is 4.74 Å². The average Bonchev–Trinajstić information content (AvgIpc) is 2.52. The van der Waals surface area contributed by atoms with Gasteiger partial charge in [0.15, 0.2) is 0 Å². The van der Waals surface area contributed by atoms with Gasteiger partial charge in [-0.1, -0.05) is 19.1 Å². The molecule has 1 N–H and O–H groups in total. The molecular weight excluding hydrogens is 288 g/mol. The summed E-state index contributed by atoms with van der Waals surface area (Å²) in [6.07, 6.45) is 4.09. The summed E-state index contributed by atoms with van der Waals surface area (Å²) < 4.78 is 5.56. The van der Waals surface area contributed by atoms with Crippen LogP contribution in [0.1, 0.15) is 52.5 Å². The highest BCUT2D eigenvalue weighted by atomic mass is 16.6. The summed E-state index contributed by atoms with van der Waals surface area (Å²) in [6.45, 7) is 9.46. The summed E-state index contributed by atoms with van der Waals surface area (Å²) in [6, 6.07) is 8.68. The summed E-state index contributed by atoms with van der Waals surface area (Å²) in [7, 11) is 0. The number of nitrogens with zero attached hydrogens (tertiary/aromatic N) is 1. The van der Waals surface area contributed by atoms with Crippen molar-refractivity contribution in [2.24, 2.45) is 0 Å². The van der Waals surface area contributed by atoms with E-state index < -0.39 is 5.60 Å². The topological polar surface area (TPSA) is 41.6 Å². The number of benzene rings is 1. The van der Waals surface area contributed by atoms with E-state index in [0.29, 0.717) is 0 Å². The van der Waals surface area contributed by atoms with Crippen LogP contribution in [0.3, 0.4) is 0 Å². The van der Waals surface area contributed by atoms with E-state index in [2.05, 4.69) is 36.5 Å². The Bertz CT molecular complexity index is 522. The van der Waals surface area contributed by atoms with Crippen LogP contribution in [-0.2, 0) is 11.2 Å². The number of ether oxygens (including phenoxy) is 1. The Morgan fingerprint density at radius 3 is 2.83 bits per heavy atom. The lowest BCUT2D eigenvalue weighted by atomic mass is 10.0. The fourth-order valence-electron chi connectivity index (χ4n) is 2.91. The van der Waals surface area contributed by atoms with Gasteiger partial charge >= 0.3 is 6.09 Å². The number of carbonyl (C=O) groups excluding carboxylic acids is 1. The van der Waals surface area contributed by atoms with E-state index in [9.17, 15) is 4.79 Å². The Labute approximate surface area is 140 Å². The summed E-state index contributed by atoms with van der Waals surface area (Å²) in [5.74, 6) is 0. The maximum absolute atomic E-state index is 12.4. The minimum absolute atomic E-state index is 0.189. The predicted molar refractivity (Wildman–Crippen MR) is 94.9 cm³/mol. The second-order valence-corrected chi connectivity index (χ2v) is 7.26. The summed E-state index contributed by atoms with van der Waals surface area (Å²) in [5.41, 5.74) is 2.00. The number of carbonyl (C=O) groups is 1. The average molecular weight is 318 g/mol. The molecule has 1 aliphatic rings. The first-order valence-electron chi connectivity index (χ1n) is 8.71. The Hall–Kier alpha value is -1.71. The van der Waals surface area contributed by atoms with Gasteiger partial charge in [-0.3, -0.25) is 0 Å². The van der Waals surface area contributed by atoms with Crippen molar-refractivity contribution in [2.75, 3.05) is 18.4 Å². The van der Waals surface area contributed by atoms with Crippen molar-refractivity contribution >= 4 is 11.8 Å². The second-order valence-electron chi connectivity index (χ2n) is 7.26. The maximum atomic E-state index is 12.4. The molecule has 2 rings (SSSR count). The van der Waals surface area contributed by atoms with Crippen LogP contribution in [0.4, 0.5) is 10.5 Å². The molecule has 1 aromatic rings. The number of anilines is 1. The largest absolute Gasteiger partial charge is 0.444 e. The molecule has 1 heterocycles. The first kappa shape index (κ1) is 17.6. The van der Waals surface area contributed by atoms with E-state index in [1.807, 2.05) is 25.7 Å². The molecule has 1 fully saturated rings. The molecule has 1 saturated heterocycles. The molecule has 0 saturated carbocycles. The summed E-state index contributed by atoms with van der Waals surface area (Å²) in [5, 5.41) is 3.49. The Kier molecular flexibility index (Phi) is 5.91. The zero-order chi connectivity index (χ0) is 16.9. The molecule has 23 heavy (non-hydrogen) atoms. The van der Waals surface area contributed by atoms with E-state index in [-0.39, 0.29) is 12.1 Å². The van der Waals surface area contributed by atoms with Crippen molar-refractivity contribution in [2.45, 2.75) is 65.0 Å². The Morgan fingerprint density at radius 2 is 2.13 bits per heavy atom. The highest BCUT2D eigenvalue weighted by Crippen LogP contribution is 2.21. The first-order chi connectivity index (χ1) is 10.9. The Morgan fingerprint density at radius 1 is 1.35 bits per heavy atom. The van der Waals surface area contributed by atoms with Crippen LogP contribution < -0.4 is 5.32 Å². The van der Waals surface area contributed by atoms with Gasteiger partial charge in [0.2, 0.25) is 0 Å². The number of likely N-dealkylation sites (tertiary alicyclic amines) is 1. The fourth-order valence-corrected chi connectivity index (χ4v) is 2.91. The molecular formula is C19H30N2O2. The van der Waals surface area contributed by atoms with Crippen LogP contribution in [0, 0.1) is 0 Å². The van der Waals surface area contributed by atoms with Gasteiger partial charge in [-0.2, -0.15) is 0 Å². The highest BCUT2D eigenvalue weighted by molar-refractivity contribution is 5.68. The fraction of sp³-hybridized carbons (Fsp3) is 0.632. The van der Waals surface area contributed by atoms with Gasteiger partial charge < -0.3 is 15.0 Å². The molecule has 0 aliphatic carbocycles. The van der Waals surface area contributed by atoms with Crippen LogP contribution in [0.5, 0.6) is 0 Å². The molecule has 0 spiro atoms. The van der Waals surface area contributed by atoms with Gasteiger partial charge in [0.05, 0.1) is 6.04 Å². The second kappa shape index (κ2) is 7.71. The molecule has 1 amide bonds. The van der Waals surface area contributed by atoms with Crippen LogP contribution in [-0.4, -0.2) is 35.7 Å². The van der Waals surface area contributed by atoms with E-state index in [1.165, 1.54) is 12.0 Å². The maximum Gasteiger partial charge on any atom is 0.410 e. The smallest absolute Gasteiger partial charge is 0.410 e. The van der Waals surface area contributed by atoms with Gasteiger partial charge in [-0.05, 0) is 64.2 Å². The SMILES string of the molecule is CCc1cccc(NCC2CCCCN2C(=O)OC(C)(C)C)c1. The zero-order valence-electron chi connectivity index (χ0n) is 14.9. The van der Waals surface area contributed by atoms with Crippen LogP contribution in [0.15, 0.2) is 24.3 Å². The van der Waals surface area contributed by atoms with E-state index >= 15 is 0 Å². The third-order valence-corrected chi connectivity index (χ3v) is 4.13. The number of rotatable bonds is 4. The first-order valence-corrected chi connectivity index (χ1v) is 8.71. The standard InChI is InChI=1S/C19H30N2O2/c1-5-15-9-8-10-16(13-15)20-14-17-11-6-7-12-21(17)18(22)23-19(2,3)4/h8-10,13,17,20H,5-7,11-12,14H2,1-4H3. The van der Waals surface area contributed by atoms with Crippen molar-refractivity contribution in [3.8, 4) is 0 Å². The third-order valence-electron chi connectivity index (χ3n) is 4.13. The lowest BCUT2D eigenvalue weighted by Crippen LogP contribution is -2.48. The molecule has 0 aromatic heterocycles. The van der Waals surface area contributed by atoms with Crippen LogP contribution in [0.2, 0.25) is 0 Å². The number of piperidine rings is 1. The number of nitrogens with one attached hydrogen (secondary N) is 1. The summed E-state index contributed by atoms with van der Waals surface area (Å²) in [4.78, 5) is 14.3. The molecule has 4 nitrogen and oxygen atoms in total.